The van der Waals surface area contributed by atoms with Crippen LogP contribution in [-0.2, 0) is 5.60 Å². The van der Waals surface area contributed by atoms with Crippen LogP contribution in [0.25, 0.3) is 0 Å². The first kappa shape index (κ1) is 14.2. The van der Waals surface area contributed by atoms with Gasteiger partial charge in [-0.15, -0.1) is 0 Å². The minimum atomic E-state index is -0.793. The predicted octanol–water partition coefficient (Wildman–Crippen LogP) is 2.92. The first-order valence-electron chi connectivity index (χ1n) is 6.30. The zero-order valence-corrected chi connectivity index (χ0v) is 11.5. The molecule has 0 aliphatic heterocycles. The van der Waals surface area contributed by atoms with Gasteiger partial charge < -0.3 is 10.4 Å². The van der Waals surface area contributed by atoms with E-state index in [-0.39, 0.29) is 0 Å². The third-order valence-electron chi connectivity index (χ3n) is 2.92. The van der Waals surface area contributed by atoms with Crippen molar-refractivity contribution in [3.63, 3.8) is 0 Å². The Labute approximate surface area is 105 Å². The Kier molecular flexibility index (Phi) is 4.72. The largest absolute Gasteiger partial charge is 0.384 e. The SMILES string of the molecule is CC(C)(C)CCNCC(C)(O)c1ccccc1. The molecule has 96 valence electrons. The van der Waals surface area contributed by atoms with Crippen molar-refractivity contribution >= 4 is 0 Å². The van der Waals surface area contributed by atoms with Crippen LogP contribution in [0.4, 0.5) is 0 Å². The van der Waals surface area contributed by atoms with Crippen molar-refractivity contribution in [1.82, 2.24) is 5.32 Å². The van der Waals surface area contributed by atoms with E-state index in [0.717, 1.165) is 18.5 Å². The fourth-order valence-electron chi connectivity index (χ4n) is 1.69. The maximum Gasteiger partial charge on any atom is 0.0992 e. The summed E-state index contributed by atoms with van der Waals surface area (Å²) in [5, 5.41) is 13.7. The highest BCUT2D eigenvalue weighted by atomic mass is 16.3. The van der Waals surface area contributed by atoms with Gasteiger partial charge in [-0.2, -0.15) is 0 Å². The second kappa shape index (κ2) is 5.65. The van der Waals surface area contributed by atoms with Crippen molar-refractivity contribution in [3.05, 3.63) is 35.9 Å². The van der Waals surface area contributed by atoms with E-state index < -0.39 is 5.60 Å². The zero-order valence-electron chi connectivity index (χ0n) is 11.5. The van der Waals surface area contributed by atoms with E-state index in [1.165, 1.54) is 0 Å². The van der Waals surface area contributed by atoms with Crippen molar-refractivity contribution in [2.75, 3.05) is 13.1 Å². The van der Waals surface area contributed by atoms with Crippen molar-refractivity contribution in [2.45, 2.75) is 39.7 Å². The summed E-state index contributed by atoms with van der Waals surface area (Å²) in [7, 11) is 0. The Balaban J connectivity index is 2.41. The molecule has 0 spiro atoms. The van der Waals surface area contributed by atoms with Gasteiger partial charge in [-0.3, -0.25) is 0 Å². The molecule has 1 rings (SSSR count). The van der Waals surface area contributed by atoms with Crippen LogP contribution in [0.2, 0.25) is 0 Å². The van der Waals surface area contributed by atoms with Gasteiger partial charge in [-0.1, -0.05) is 51.1 Å². The molecule has 0 heterocycles. The van der Waals surface area contributed by atoms with Crippen LogP contribution in [0.15, 0.2) is 30.3 Å². The third kappa shape index (κ3) is 5.33. The zero-order chi connectivity index (χ0) is 12.9. The Morgan fingerprint density at radius 3 is 2.18 bits per heavy atom. The summed E-state index contributed by atoms with van der Waals surface area (Å²) in [6.45, 7) is 10.1. The molecule has 0 radical (unpaired) electrons. The van der Waals surface area contributed by atoms with Crippen molar-refractivity contribution in [3.8, 4) is 0 Å². The molecule has 0 amide bonds. The van der Waals surface area contributed by atoms with Crippen molar-refractivity contribution < 1.29 is 5.11 Å². The van der Waals surface area contributed by atoms with E-state index in [0.29, 0.717) is 12.0 Å². The van der Waals surface area contributed by atoms with Gasteiger partial charge in [0.15, 0.2) is 0 Å². The van der Waals surface area contributed by atoms with Crippen LogP contribution in [0.5, 0.6) is 0 Å². The minimum Gasteiger partial charge on any atom is -0.384 e. The molecular weight excluding hydrogens is 210 g/mol. The average Bonchev–Trinajstić information content (AvgIpc) is 2.25. The standard InChI is InChI=1S/C15H25NO/c1-14(2,3)10-11-16-12-15(4,17)13-8-6-5-7-9-13/h5-9,16-17H,10-12H2,1-4H3. The number of hydrogen-bond donors (Lipinski definition) is 2. The topological polar surface area (TPSA) is 32.3 Å². The molecule has 2 N–H and O–H groups in total. The Morgan fingerprint density at radius 1 is 1.06 bits per heavy atom. The second-order valence-corrected chi connectivity index (χ2v) is 6.13. The van der Waals surface area contributed by atoms with E-state index in [2.05, 4.69) is 26.1 Å². The monoisotopic (exact) mass is 235 g/mol. The number of aliphatic hydroxyl groups is 1. The van der Waals surface area contributed by atoms with E-state index in [9.17, 15) is 5.11 Å². The smallest absolute Gasteiger partial charge is 0.0992 e. The van der Waals surface area contributed by atoms with Crippen LogP contribution in [0, 0.1) is 5.41 Å². The highest BCUT2D eigenvalue weighted by molar-refractivity contribution is 5.21. The molecule has 2 heteroatoms. The molecule has 17 heavy (non-hydrogen) atoms. The molecule has 0 aliphatic carbocycles. The lowest BCUT2D eigenvalue weighted by molar-refractivity contribution is 0.0564. The molecule has 0 aromatic heterocycles. The second-order valence-electron chi connectivity index (χ2n) is 6.13. The van der Waals surface area contributed by atoms with Crippen LogP contribution < -0.4 is 5.32 Å². The fraction of sp³-hybridized carbons (Fsp3) is 0.600. The first-order chi connectivity index (χ1) is 7.81. The van der Waals surface area contributed by atoms with Gasteiger partial charge >= 0.3 is 0 Å². The van der Waals surface area contributed by atoms with Gasteiger partial charge in [0.2, 0.25) is 0 Å². The number of benzene rings is 1. The van der Waals surface area contributed by atoms with Crippen molar-refractivity contribution in [2.24, 2.45) is 5.41 Å². The van der Waals surface area contributed by atoms with Gasteiger partial charge in [0.25, 0.3) is 0 Å². The fourth-order valence-corrected chi connectivity index (χ4v) is 1.69. The van der Waals surface area contributed by atoms with Gasteiger partial charge in [-0.25, -0.2) is 0 Å². The van der Waals surface area contributed by atoms with Gasteiger partial charge in [0.1, 0.15) is 0 Å². The molecule has 0 saturated heterocycles. The number of hydrogen-bond acceptors (Lipinski definition) is 2. The summed E-state index contributed by atoms with van der Waals surface area (Å²) in [4.78, 5) is 0. The lowest BCUT2D eigenvalue weighted by atomic mass is 9.92. The summed E-state index contributed by atoms with van der Waals surface area (Å²) in [6, 6.07) is 9.81. The quantitative estimate of drug-likeness (QED) is 0.769. The van der Waals surface area contributed by atoms with E-state index in [4.69, 9.17) is 0 Å². The molecular formula is C15H25NO. The molecule has 0 fully saturated rings. The Morgan fingerprint density at radius 2 is 1.65 bits per heavy atom. The summed E-state index contributed by atoms with van der Waals surface area (Å²) < 4.78 is 0. The molecule has 2 nitrogen and oxygen atoms in total. The maximum atomic E-state index is 10.4. The summed E-state index contributed by atoms with van der Waals surface area (Å²) in [5.41, 5.74) is 0.508. The van der Waals surface area contributed by atoms with E-state index >= 15 is 0 Å². The van der Waals surface area contributed by atoms with Crippen LogP contribution in [0.1, 0.15) is 39.7 Å². The van der Waals surface area contributed by atoms with Crippen LogP contribution >= 0.6 is 0 Å². The summed E-state index contributed by atoms with van der Waals surface area (Å²) in [6.07, 6.45) is 1.11. The average molecular weight is 235 g/mol. The predicted molar refractivity (Wildman–Crippen MR) is 73.0 cm³/mol. The Bertz CT molecular complexity index is 325. The molecule has 0 bridgehead atoms. The minimum absolute atomic E-state index is 0.339. The molecule has 1 aromatic rings. The lowest BCUT2D eigenvalue weighted by Gasteiger charge is -2.25. The Hall–Kier alpha value is -0.860. The third-order valence-corrected chi connectivity index (χ3v) is 2.92. The van der Waals surface area contributed by atoms with Crippen molar-refractivity contribution in [1.29, 1.82) is 0 Å². The van der Waals surface area contributed by atoms with Crippen LogP contribution in [0.3, 0.4) is 0 Å². The van der Waals surface area contributed by atoms with Gasteiger partial charge in [0, 0.05) is 6.54 Å². The number of rotatable bonds is 5. The summed E-state index contributed by atoms with van der Waals surface area (Å²) in [5.74, 6) is 0. The maximum absolute atomic E-state index is 10.4. The highest BCUT2D eigenvalue weighted by Crippen LogP contribution is 2.20. The van der Waals surface area contributed by atoms with Gasteiger partial charge in [-0.05, 0) is 30.9 Å². The molecule has 1 unspecified atom stereocenters. The molecule has 0 saturated carbocycles. The number of nitrogens with one attached hydrogen (secondary N) is 1. The normalized spacial score (nSPS) is 15.6. The van der Waals surface area contributed by atoms with E-state index in [1.54, 1.807) is 0 Å². The highest BCUT2D eigenvalue weighted by Gasteiger charge is 2.22. The molecule has 1 atom stereocenters. The van der Waals surface area contributed by atoms with Gasteiger partial charge in [0.05, 0.1) is 5.60 Å². The lowest BCUT2D eigenvalue weighted by Crippen LogP contribution is -2.36. The first-order valence-corrected chi connectivity index (χ1v) is 6.30. The molecule has 0 aliphatic rings. The van der Waals surface area contributed by atoms with E-state index in [1.807, 2.05) is 37.3 Å². The molecule has 1 aromatic carbocycles. The van der Waals surface area contributed by atoms with Crippen LogP contribution in [-0.4, -0.2) is 18.2 Å². The summed E-state index contributed by atoms with van der Waals surface area (Å²) >= 11 is 0.